The molecule has 0 saturated carbocycles. The van der Waals surface area contributed by atoms with Gasteiger partial charge in [0, 0.05) is 6.20 Å². The summed E-state index contributed by atoms with van der Waals surface area (Å²) < 4.78 is 62.0. The second-order valence-electron chi connectivity index (χ2n) is 5.65. The third-order valence-electron chi connectivity index (χ3n) is 4.43. The molecule has 0 amide bonds. The highest BCUT2D eigenvalue weighted by atomic mass is 32.2. The Morgan fingerprint density at radius 3 is 2.38 bits per heavy atom. The number of Topliss-reactive ketones (excluding diaryl/α,β-unsaturated/α-hetero) is 1. The predicted molar refractivity (Wildman–Crippen MR) is 70.5 cm³/mol. The standard InChI is InChI=1S/C13H16F3NO3S/c1-8-6-11-12(10(3)18,7-9(8)2)4-5-17(11)21(19,20)13(14,15)16/h4-5,11H,6-7H2,1-3H3/t11-,12+/m0/s1. The summed E-state index contributed by atoms with van der Waals surface area (Å²) in [6, 6.07) is -1.04. The Morgan fingerprint density at radius 1 is 1.33 bits per heavy atom. The maximum Gasteiger partial charge on any atom is 0.516 e. The van der Waals surface area contributed by atoms with E-state index in [1.54, 1.807) is 6.92 Å². The van der Waals surface area contributed by atoms with Gasteiger partial charge in [0.2, 0.25) is 0 Å². The lowest BCUT2D eigenvalue weighted by molar-refractivity contribution is -0.126. The molecule has 21 heavy (non-hydrogen) atoms. The molecule has 2 aliphatic rings. The summed E-state index contributed by atoms with van der Waals surface area (Å²) in [7, 11) is -5.49. The van der Waals surface area contributed by atoms with Crippen LogP contribution in [0.15, 0.2) is 23.4 Å². The molecule has 2 atom stereocenters. The highest BCUT2D eigenvalue weighted by Crippen LogP contribution is 2.49. The van der Waals surface area contributed by atoms with Gasteiger partial charge in [-0.15, -0.1) is 0 Å². The Bertz CT molecular complexity index is 648. The van der Waals surface area contributed by atoms with Gasteiger partial charge in [0.1, 0.15) is 5.78 Å². The smallest absolute Gasteiger partial charge is 0.299 e. The molecule has 4 nitrogen and oxygen atoms in total. The van der Waals surface area contributed by atoms with E-state index < -0.39 is 27.0 Å². The fourth-order valence-corrected chi connectivity index (χ4v) is 4.05. The molecule has 118 valence electrons. The maximum absolute atomic E-state index is 12.8. The SMILES string of the molecule is CC(=O)[C@]12C=CN(S(=O)(=O)C(F)(F)F)[C@H]1CC(C)=C(C)C2. The minimum atomic E-state index is -5.49. The van der Waals surface area contributed by atoms with E-state index >= 15 is 0 Å². The number of allylic oxidation sites excluding steroid dienone is 1. The Kier molecular flexibility index (Phi) is 3.51. The lowest BCUT2D eigenvalue weighted by atomic mass is 9.68. The van der Waals surface area contributed by atoms with Crippen molar-refractivity contribution in [2.45, 2.75) is 45.2 Å². The van der Waals surface area contributed by atoms with Gasteiger partial charge in [0.15, 0.2) is 0 Å². The molecular formula is C13H16F3NO3S. The van der Waals surface area contributed by atoms with Crippen molar-refractivity contribution in [1.29, 1.82) is 0 Å². The molecule has 0 spiro atoms. The monoisotopic (exact) mass is 323 g/mol. The van der Waals surface area contributed by atoms with Gasteiger partial charge in [-0.2, -0.15) is 21.6 Å². The lowest BCUT2D eigenvalue weighted by Crippen LogP contribution is -2.51. The van der Waals surface area contributed by atoms with Crippen molar-refractivity contribution >= 4 is 15.8 Å². The van der Waals surface area contributed by atoms with Crippen molar-refractivity contribution in [3.63, 3.8) is 0 Å². The molecular weight excluding hydrogens is 307 g/mol. The fourth-order valence-electron chi connectivity index (χ4n) is 2.99. The summed E-state index contributed by atoms with van der Waals surface area (Å²) in [6.07, 6.45) is 2.56. The van der Waals surface area contributed by atoms with Gasteiger partial charge >= 0.3 is 15.5 Å². The third-order valence-corrected chi connectivity index (χ3v) is 5.95. The number of carbonyl (C=O) groups is 1. The van der Waals surface area contributed by atoms with Gasteiger partial charge in [-0.05, 0) is 33.6 Å². The first-order valence-corrected chi connectivity index (χ1v) is 7.83. The van der Waals surface area contributed by atoms with E-state index in [4.69, 9.17) is 0 Å². The van der Waals surface area contributed by atoms with Crippen LogP contribution in [0.5, 0.6) is 0 Å². The molecule has 1 heterocycles. The van der Waals surface area contributed by atoms with Crippen molar-refractivity contribution in [3.05, 3.63) is 23.4 Å². The molecule has 0 aromatic heterocycles. The quantitative estimate of drug-likeness (QED) is 0.734. The molecule has 8 heteroatoms. The molecule has 1 aliphatic heterocycles. The molecule has 0 bridgehead atoms. The number of hydrogen-bond donors (Lipinski definition) is 0. The van der Waals surface area contributed by atoms with Gasteiger partial charge in [-0.3, -0.25) is 9.10 Å². The summed E-state index contributed by atoms with van der Waals surface area (Å²) in [5.74, 6) is -0.324. The maximum atomic E-state index is 12.8. The summed E-state index contributed by atoms with van der Waals surface area (Å²) in [5.41, 5.74) is -4.84. The van der Waals surface area contributed by atoms with E-state index in [1.165, 1.54) is 13.0 Å². The molecule has 1 aliphatic carbocycles. The molecule has 2 rings (SSSR count). The van der Waals surface area contributed by atoms with E-state index in [2.05, 4.69) is 0 Å². The number of alkyl halides is 3. The summed E-state index contributed by atoms with van der Waals surface area (Å²) in [5, 5.41) is 0. The van der Waals surface area contributed by atoms with Crippen LogP contribution in [0.2, 0.25) is 0 Å². The van der Waals surface area contributed by atoms with Crippen molar-refractivity contribution in [1.82, 2.24) is 4.31 Å². The number of halogens is 3. The minimum Gasteiger partial charge on any atom is -0.299 e. The molecule has 0 saturated heterocycles. The average molecular weight is 323 g/mol. The van der Waals surface area contributed by atoms with Gasteiger partial charge in [-0.25, -0.2) is 0 Å². The first-order valence-electron chi connectivity index (χ1n) is 6.39. The van der Waals surface area contributed by atoms with Gasteiger partial charge in [-0.1, -0.05) is 17.2 Å². The molecule has 0 radical (unpaired) electrons. The highest BCUT2D eigenvalue weighted by molar-refractivity contribution is 7.90. The number of carbonyl (C=O) groups excluding carboxylic acids is 1. The van der Waals surface area contributed by atoms with Crippen LogP contribution in [0.4, 0.5) is 13.2 Å². The first-order chi connectivity index (χ1) is 9.43. The van der Waals surface area contributed by atoms with Crippen molar-refractivity contribution < 1.29 is 26.4 Å². The van der Waals surface area contributed by atoms with Crippen LogP contribution in [0, 0.1) is 5.41 Å². The van der Waals surface area contributed by atoms with Crippen LogP contribution < -0.4 is 0 Å². The molecule has 0 unspecified atom stereocenters. The normalized spacial score (nSPS) is 29.8. The third kappa shape index (κ3) is 2.20. The highest BCUT2D eigenvalue weighted by Gasteiger charge is 2.58. The zero-order valence-electron chi connectivity index (χ0n) is 11.9. The van der Waals surface area contributed by atoms with E-state index in [0.29, 0.717) is 4.31 Å². The summed E-state index contributed by atoms with van der Waals surface area (Å²) in [6.45, 7) is 4.84. The number of ketones is 1. The Labute approximate surface area is 121 Å². The number of hydrogen-bond acceptors (Lipinski definition) is 3. The van der Waals surface area contributed by atoms with Crippen molar-refractivity contribution in [2.24, 2.45) is 5.41 Å². The van der Waals surface area contributed by atoms with E-state index in [1.807, 2.05) is 6.92 Å². The van der Waals surface area contributed by atoms with Crippen molar-refractivity contribution in [3.8, 4) is 0 Å². The number of fused-ring (bicyclic) bond motifs is 1. The van der Waals surface area contributed by atoms with Crippen molar-refractivity contribution in [2.75, 3.05) is 0 Å². The lowest BCUT2D eigenvalue weighted by Gasteiger charge is -2.41. The number of rotatable bonds is 2. The Hall–Kier alpha value is -1.31. The van der Waals surface area contributed by atoms with E-state index in [0.717, 1.165) is 17.3 Å². The van der Waals surface area contributed by atoms with Gasteiger partial charge in [0.25, 0.3) is 0 Å². The Morgan fingerprint density at radius 2 is 1.90 bits per heavy atom. The summed E-state index contributed by atoms with van der Waals surface area (Å²) in [4.78, 5) is 12.0. The number of sulfonamides is 1. The van der Waals surface area contributed by atoms with Crippen LogP contribution in [-0.2, 0) is 14.8 Å². The fraction of sp³-hybridized carbons (Fsp3) is 0.615. The zero-order valence-corrected chi connectivity index (χ0v) is 12.7. The first kappa shape index (κ1) is 16.1. The predicted octanol–water partition coefficient (Wildman–Crippen LogP) is 2.74. The average Bonchev–Trinajstić information content (AvgIpc) is 2.68. The molecule has 0 N–H and O–H groups in total. The molecule has 0 aromatic carbocycles. The minimum absolute atomic E-state index is 0.119. The van der Waals surface area contributed by atoms with Crippen LogP contribution in [0.25, 0.3) is 0 Å². The van der Waals surface area contributed by atoms with Gasteiger partial charge in [0.05, 0.1) is 11.5 Å². The topological polar surface area (TPSA) is 54.5 Å². The molecule has 0 fully saturated rings. The van der Waals surface area contributed by atoms with E-state index in [9.17, 15) is 26.4 Å². The van der Waals surface area contributed by atoms with E-state index in [-0.39, 0.29) is 18.6 Å². The van der Waals surface area contributed by atoms with Crippen LogP contribution in [-0.4, -0.2) is 30.1 Å². The second-order valence-corrected chi connectivity index (χ2v) is 7.49. The van der Waals surface area contributed by atoms with Gasteiger partial charge < -0.3 is 0 Å². The van der Waals surface area contributed by atoms with Crippen LogP contribution in [0.1, 0.15) is 33.6 Å². The largest absolute Gasteiger partial charge is 0.516 e. The van der Waals surface area contributed by atoms with Crippen LogP contribution >= 0.6 is 0 Å². The zero-order chi connectivity index (χ0) is 16.2. The number of nitrogens with zero attached hydrogens (tertiary/aromatic N) is 1. The van der Waals surface area contributed by atoms with Crippen LogP contribution in [0.3, 0.4) is 0 Å². The molecule has 0 aromatic rings. The Balaban J connectivity index is 2.54. The second kappa shape index (κ2) is 4.59. The summed E-state index contributed by atoms with van der Waals surface area (Å²) >= 11 is 0.